The number of rotatable bonds is 7. The maximum atomic E-state index is 12.6. The van der Waals surface area contributed by atoms with Crippen molar-refractivity contribution in [1.29, 1.82) is 0 Å². The van der Waals surface area contributed by atoms with E-state index in [-0.39, 0.29) is 24.0 Å². The molecule has 1 amide bonds. The zero-order valence-electron chi connectivity index (χ0n) is 14.0. The van der Waals surface area contributed by atoms with Crippen molar-refractivity contribution in [2.24, 2.45) is 7.05 Å². The molecule has 6 nitrogen and oxygen atoms in total. The molecule has 2 aromatic rings. The van der Waals surface area contributed by atoms with Crippen LogP contribution in [0.1, 0.15) is 23.0 Å². The third-order valence-corrected chi connectivity index (χ3v) is 4.11. The van der Waals surface area contributed by atoms with Crippen LogP contribution in [0.5, 0.6) is 11.5 Å². The summed E-state index contributed by atoms with van der Waals surface area (Å²) >= 11 is 3.39. The molecule has 0 atom stereocenters. The molecule has 0 saturated heterocycles. The number of ether oxygens (including phenoxy) is 2. The lowest BCUT2D eigenvalue weighted by Crippen LogP contribution is -2.27. The van der Waals surface area contributed by atoms with Crippen LogP contribution in [0, 0.1) is 0 Å². The molecule has 0 bridgehead atoms. The van der Waals surface area contributed by atoms with Gasteiger partial charge in [-0.2, -0.15) is 13.9 Å². The Hall–Kier alpha value is -2.16. The van der Waals surface area contributed by atoms with E-state index in [1.807, 2.05) is 0 Å². The minimum atomic E-state index is -2.97. The lowest BCUT2D eigenvalue weighted by atomic mass is 10.1. The van der Waals surface area contributed by atoms with Gasteiger partial charge in [0.25, 0.3) is 5.91 Å². The van der Waals surface area contributed by atoms with E-state index in [2.05, 4.69) is 25.8 Å². The number of alkyl halides is 2. The largest absolute Gasteiger partial charge is 0.490 e. The smallest absolute Gasteiger partial charge is 0.387 e. The summed E-state index contributed by atoms with van der Waals surface area (Å²) in [7, 11) is 3.42. The van der Waals surface area contributed by atoms with Gasteiger partial charge in [0.15, 0.2) is 11.5 Å². The molecule has 0 fully saturated rings. The van der Waals surface area contributed by atoms with Gasteiger partial charge in [-0.15, -0.1) is 0 Å². The summed E-state index contributed by atoms with van der Waals surface area (Å²) in [4.78, 5) is 14.1. The summed E-state index contributed by atoms with van der Waals surface area (Å²) in [5.41, 5.74) is 1.14. The fourth-order valence-electron chi connectivity index (χ4n) is 2.23. The SMILES string of the molecule is CCOc1cc(C(=O)N(C)Cc2c(Br)cnn2C)ccc1OC(F)F. The lowest BCUT2D eigenvalue weighted by molar-refractivity contribution is -0.0514. The number of hydrogen-bond acceptors (Lipinski definition) is 4. The van der Waals surface area contributed by atoms with E-state index in [1.54, 1.807) is 31.9 Å². The first-order chi connectivity index (χ1) is 11.8. The van der Waals surface area contributed by atoms with E-state index in [9.17, 15) is 13.6 Å². The number of benzene rings is 1. The molecule has 0 aliphatic rings. The van der Waals surface area contributed by atoms with E-state index in [0.717, 1.165) is 10.2 Å². The molecule has 9 heteroatoms. The highest BCUT2D eigenvalue weighted by Gasteiger charge is 2.19. The Balaban J connectivity index is 2.21. The zero-order valence-corrected chi connectivity index (χ0v) is 15.6. The van der Waals surface area contributed by atoms with Crippen LogP contribution in [0.25, 0.3) is 0 Å². The molecular weight excluding hydrogens is 400 g/mol. The molecule has 1 heterocycles. The highest BCUT2D eigenvalue weighted by atomic mass is 79.9. The predicted octanol–water partition coefficient (Wildman–Crippen LogP) is 3.45. The molecule has 2 rings (SSSR count). The van der Waals surface area contributed by atoms with E-state index in [4.69, 9.17) is 4.74 Å². The molecule has 0 radical (unpaired) electrons. The number of amides is 1. The van der Waals surface area contributed by atoms with Crippen molar-refractivity contribution in [2.75, 3.05) is 13.7 Å². The molecule has 0 aliphatic carbocycles. The molecule has 136 valence electrons. The first-order valence-corrected chi connectivity index (χ1v) is 8.26. The monoisotopic (exact) mass is 417 g/mol. The number of carbonyl (C=O) groups is 1. The third kappa shape index (κ3) is 4.68. The first kappa shape index (κ1) is 19.2. The summed E-state index contributed by atoms with van der Waals surface area (Å²) < 4.78 is 37.1. The third-order valence-electron chi connectivity index (χ3n) is 3.45. The van der Waals surface area contributed by atoms with Gasteiger partial charge in [0.05, 0.1) is 29.5 Å². The average molecular weight is 418 g/mol. The molecule has 0 saturated carbocycles. The standard InChI is InChI=1S/C16H18BrF2N3O3/c1-4-24-14-7-10(5-6-13(14)25-16(18)19)15(23)21(2)9-12-11(17)8-20-22(12)3/h5-8,16H,4,9H2,1-3H3. The van der Waals surface area contributed by atoms with Crippen molar-refractivity contribution in [3.8, 4) is 11.5 Å². The van der Waals surface area contributed by atoms with E-state index in [0.29, 0.717) is 12.1 Å². The quantitative estimate of drug-likeness (QED) is 0.692. The maximum Gasteiger partial charge on any atom is 0.387 e. The average Bonchev–Trinajstić information content (AvgIpc) is 2.87. The van der Waals surface area contributed by atoms with Crippen LogP contribution in [0.15, 0.2) is 28.9 Å². The first-order valence-electron chi connectivity index (χ1n) is 7.47. The summed E-state index contributed by atoms with van der Waals surface area (Å²) in [6.07, 6.45) is 1.65. The summed E-state index contributed by atoms with van der Waals surface area (Å²) in [6.45, 7) is -0.665. The van der Waals surface area contributed by atoms with Crippen LogP contribution in [0.3, 0.4) is 0 Å². The molecule has 0 spiro atoms. The molecule has 25 heavy (non-hydrogen) atoms. The predicted molar refractivity (Wildman–Crippen MR) is 90.9 cm³/mol. The Kier molecular flexibility index (Phi) is 6.35. The minimum Gasteiger partial charge on any atom is -0.490 e. The van der Waals surface area contributed by atoms with Gasteiger partial charge in [-0.1, -0.05) is 0 Å². The second-order valence-electron chi connectivity index (χ2n) is 5.20. The number of aromatic nitrogens is 2. The van der Waals surface area contributed by atoms with E-state index in [1.165, 1.54) is 23.1 Å². The van der Waals surface area contributed by atoms with Gasteiger partial charge in [0.1, 0.15) is 0 Å². The molecule has 0 N–H and O–H groups in total. The Morgan fingerprint density at radius 3 is 2.68 bits per heavy atom. The van der Waals surface area contributed by atoms with Gasteiger partial charge in [0.2, 0.25) is 0 Å². The summed E-state index contributed by atoms with van der Waals surface area (Å²) in [6, 6.07) is 4.13. The fraction of sp³-hybridized carbons (Fsp3) is 0.375. The number of hydrogen-bond donors (Lipinski definition) is 0. The second-order valence-corrected chi connectivity index (χ2v) is 6.05. The maximum absolute atomic E-state index is 12.6. The fourth-order valence-corrected chi connectivity index (χ4v) is 2.71. The highest BCUT2D eigenvalue weighted by Crippen LogP contribution is 2.30. The lowest BCUT2D eigenvalue weighted by Gasteiger charge is -2.19. The second kappa shape index (κ2) is 8.28. The number of aryl methyl sites for hydroxylation is 1. The van der Waals surface area contributed by atoms with Gasteiger partial charge < -0.3 is 14.4 Å². The Morgan fingerprint density at radius 2 is 2.12 bits per heavy atom. The normalized spacial score (nSPS) is 10.8. The number of halogens is 3. The Labute approximate surface area is 152 Å². The van der Waals surface area contributed by atoms with Gasteiger partial charge >= 0.3 is 6.61 Å². The van der Waals surface area contributed by atoms with Crippen LogP contribution in [0.2, 0.25) is 0 Å². The van der Waals surface area contributed by atoms with Crippen LogP contribution in [-0.2, 0) is 13.6 Å². The van der Waals surface area contributed by atoms with Crippen molar-refractivity contribution < 1.29 is 23.0 Å². The van der Waals surface area contributed by atoms with Crippen molar-refractivity contribution >= 4 is 21.8 Å². The summed E-state index contributed by atoms with van der Waals surface area (Å²) in [5, 5.41) is 4.10. The van der Waals surface area contributed by atoms with Crippen molar-refractivity contribution in [3.63, 3.8) is 0 Å². The molecular formula is C16H18BrF2N3O3. The molecule has 1 aromatic heterocycles. The molecule has 0 unspecified atom stereocenters. The molecule has 0 aliphatic heterocycles. The van der Waals surface area contributed by atoms with Crippen molar-refractivity contribution in [1.82, 2.24) is 14.7 Å². The minimum absolute atomic E-state index is 0.101. The van der Waals surface area contributed by atoms with E-state index < -0.39 is 6.61 Å². The van der Waals surface area contributed by atoms with Gasteiger partial charge in [-0.3, -0.25) is 9.48 Å². The van der Waals surface area contributed by atoms with Crippen LogP contribution < -0.4 is 9.47 Å². The summed E-state index contributed by atoms with van der Waals surface area (Å²) in [5.74, 6) is -0.285. The highest BCUT2D eigenvalue weighted by molar-refractivity contribution is 9.10. The van der Waals surface area contributed by atoms with Gasteiger partial charge in [-0.05, 0) is 41.1 Å². The zero-order chi connectivity index (χ0) is 18.6. The van der Waals surface area contributed by atoms with E-state index >= 15 is 0 Å². The Bertz CT molecular complexity index is 733. The van der Waals surface area contributed by atoms with Crippen molar-refractivity contribution in [2.45, 2.75) is 20.1 Å². The van der Waals surface area contributed by atoms with Crippen molar-refractivity contribution in [3.05, 3.63) is 40.1 Å². The van der Waals surface area contributed by atoms with Gasteiger partial charge in [-0.25, -0.2) is 0 Å². The van der Waals surface area contributed by atoms with Crippen LogP contribution in [-0.4, -0.2) is 40.9 Å². The van der Waals surface area contributed by atoms with Crippen LogP contribution >= 0.6 is 15.9 Å². The number of carbonyl (C=O) groups excluding carboxylic acids is 1. The number of nitrogens with zero attached hydrogens (tertiary/aromatic N) is 3. The Morgan fingerprint density at radius 1 is 1.40 bits per heavy atom. The van der Waals surface area contributed by atoms with Gasteiger partial charge in [0, 0.05) is 19.7 Å². The molecule has 1 aromatic carbocycles. The topological polar surface area (TPSA) is 56.6 Å². The van der Waals surface area contributed by atoms with Crippen LogP contribution in [0.4, 0.5) is 8.78 Å².